The van der Waals surface area contributed by atoms with Crippen LogP contribution in [-0.4, -0.2) is 34.2 Å². The van der Waals surface area contributed by atoms with Crippen LogP contribution in [0.15, 0.2) is 5.38 Å². The van der Waals surface area contributed by atoms with Gasteiger partial charge in [-0.15, -0.1) is 11.3 Å². The van der Waals surface area contributed by atoms with Crippen LogP contribution in [-0.2, 0) is 4.79 Å². The van der Waals surface area contributed by atoms with E-state index >= 15 is 0 Å². The summed E-state index contributed by atoms with van der Waals surface area (Å²) in [5.41, 5.74) is 0.755. The Kier molecular flexibility index (Phi) is 4.50. The lowest BCUT2D eigenvalue weighted by atomic mass is 10.2. The predicted molar refractivity (Wildman–Crippen MR) is 64.6 cm³/mol. The summed E-state index contributed by atoms with van der Waals surface area (Å²) in [4.78, 5) is 22.8. The van der Waals surface area contributed by atoms with Gasteiger partial charge in [0.15, 0.2) is 6.04 Å². The van der Waals surface area contributed by atoms with Gasteiger partial charge in [-0.3, -0.25) is 4.79 Å². The molecule has 0 aromatic carbocycles. The van der Waals surface area contributed by atoms with Crippen molar-refractivity contribution in [2.24, 2.45) is 0 Å². The van der Waals surface area contributed by atoms with Crippen LogP contribution in [0.1, 0.15) is 22.2 Å². The molecule has 1 aromatic heterocycles. The number of carbonyl (C=O) groups excluding carboxylic acids is 1. The monoisotopic (exact) mass is 277 g/mol. The van der Waals surface area contributed by atoms with Crippen LogP contribution < -0.4 is 5.32 Å². The van der Waals surface area contributed by atoms with Crippen molar-refractivity contribution in [3.8, 4) is 0 Å². The fraction of sp³-hybridized carbons (Fsp3) is 0.400. The highest BCUT2D eigenvalue weighted by molar-refractivity contribution is 7.13. The van der Waals surface area contributed by atoms with E-state index in [0.29, 0.717) is 5.02 Å². The molecule has 0 saturated carbocycles. The van der Waals surface area contributed by atoms with Crippen molar-refractivity contribution in [3.05, 3.63) is 20.8 Å². The van der Waals surface area contributed by atoms with Crippen molar-refractivity contribution >= 4 is 34.8 Å². The van der Waals surface area contributed by atoms with E-state index in [1.807, 2.05) is 0 Å². The number of thiophene rings is 1. The molecule has 3 N–H and O–H groups in total. The number of rotatable bonds is 4. The van der Waals surface area contributed by atoms with Gasteiger partial charge in [-0.25, -0.2) is 4.79 Å². The molecular weight excluding hydrogens is 266 g/mol. The number of aliphatic hydroxyl groups is 1. The summed E-state index contributed by atoms with van der Waals surface area (Å²) >= 11 is 7.02. The van der Waals surface area contributed by atoms with E-state index in [-0.39, 0.29) is 4.88 Å². The molecule has 0 aliphatic heterocycles. The van der Waals surface area contributed by atoms with Crippen molar-refractivity contribution in [2.75, 3.05) is 0 Å². The number of carboxylic acid groups (broad SMARTS) is 1. The average molecular weight is 278 g/mol. The third-order valence-corrected chi connectivity index (χ3v) is 3.84. The van der Waals surface area contributed by atoms with Gasteiger partial charge in [0.05, 0.1) is 11.1 Å². The number of carboxylic acids is 1. The minimum atomic E-state index is -1.35. The Morgan fingerprint density at radius 2 is 2.12 bits per heavy atom. The Morgan fingerprint density at radius 3 is 2.47 bits per heavy atom. The third kappa shape index (κ3) is 3.18. The van der Waals surface area contributed by atoms with Gasteiger partial charge in [-0.1, -0.05) is 11.6 Å². The van der Waals surface area contributed by atoms with Gasteiger partial charge < -0.3 is 15.5 Å². The molecule has 5 nitrogen and oxygen atoms in total. The van der Waals surface area contributed by atoms with Crippen LogP contribution in [0.25, 0.3) is 0 Å². The molecule has 17 heavy (non-hydrogen) atoms. The fourth-order valence-corrected chi connectivity index (χ4v) is 2.36. The van der Waals surface area contributed by atoms with Crippen LogP contribution >= 0.6 is 22.9 Å². The van der Waals surface area contributed by atoms with E-state index in [9.17, 15) is 14.7 Å². The van der Waals surface area contributed by atoms with E-state index in [1.165, 1.54) is 6.92 Å². The molecule has 1 amide bonds. The summed E-state index contributed by atoms with van der Waals surface area (Å²) in [6.45, 7) is 3.04. The second-order valence-corrected chi connectivity index (χ2v) is 4.85. The summed E-state index contributed by atoms with van der Waals surface area (Å²) in [6, 6.07) is -1.35. The Balaban J connectivity index is 2.85. The van der Waals surface area contributed by atoms with E-state index < -0.39 is 24.0 Å². The molecule has 94 valence electrons. The number of aryl methyl sites for hydroxylation is 1. The molecule has 2 atom stereocenters. The maximum atomic E-state index is 11.7. The minimum absolute atomic E-state index is 0.246. The lowest BCUT2D eigenvalue weighted by Crippen LogP contribution is -2.47. The molecule has 0 aliphatic carbocycles. The second kappa shape index (κ2) is 5.48. The highest BCUT2D eigenvalue weighted by Crippen LogP contribution is 2.26. The molecule has 0 saturated heterocycles. The number of nitrogens with one attached hydrogen (secondary N) is 1. The number of carbonyl (C=O) groups is 2. The number of hydrogen-bond donors (Lipinski definition) is 3. The molecular formula is C10H12ClNO4S. The maximum Gasteiger partial charge on any atom is 0.328 e. The van der Waals surface area contributed by atoms with Crippen molar-refractivity contribution in [3.63, 3.8) is 0 Å². The molecule has 0 fully saturated rings. The van der Waals surface area contributed by atoms with Crippen LogP contribution in [0.4, 0.5) is 0 Å². The van der Waals surface area contributed by atoms with Crippen molar-refractivity contribution < 1.29 is 19.8 Å². The lowest BCUT2D eigenvalue weighted by Gasteiger charge is -2.16. The van der Waals surface area contributed by atoms with Gasteiger partial charge in [0, 0.05) is 0 Å². The van der Waals surface area contributed by atoms with Gasteiger partial charge in [-0.2, -0.15) is 0 Å². The minimum Gasteiger partial charge on any atom is -0.480 e. The number of aliphatic carboxylic acids is 1. The van der Waals surface area contributed by atoms with E-state index in [1.54, 1.807) is 12.3 Å². The first kappa shape index (κ1) is 14.0. The van der Waals surface area contributed by atoms with Gasteiger partial charge in [0.1, 0.15) is 4.88 Å². The Morgan fingerprint density at radius 1 is 1.53 bits per heavy atom. The second-order valence-electron chi connectivity index (χ2n) is 3.59. The Hall–Kier alpha value is -1.11. The number of halogens is 1. The average Bonchev–Trinajstić information content (AvgIpc) is 2.55. The molecule has 1 rings (SSSR count). The zero-order valence-electron chi connectivity index (χ0n) is 9.23. The summed E-state index contributed by atoms with van der Waals surface area (Å²) in [6.07, 6.45) is -1.18. The normalized spacial score (nSPS) is 14.1. The van der Waals surface area contributed by atoms with Crippen LogP contribution in [0.2, 0.25) is 5.02 Å². The van der Waals surface area contributed by atoms with Crippen LogP contribution in [0.3, 0.4) is 0 Å². The van der Waals surface area contributed by atoms with E-state index in [0.717, 1.165) is 16.9 Å². The van der Waals surface area contributed by atoms with Crippen LogP contribution in [0, 0.1) is 6.92 Å². The van der Waals surface area contributed by atoms with Crippen molar-refractivity contribution in [1.29, 1.82) is 0 Å². The summed E-state index contributed by atoms with van der Waals surface area (Å²) in [5.74, 6) is -1.89. The first-order valence-electron chi connectivity index (χ1n) is 4.80. The highest BCUT2D eigenvalue weighted by atomic mass is 35.5. The highest BCUT2D eigenvalue weighted by Gasteiger charge is 2.27. The number of hydrogen-bond acceptors (Lipinski definition) is 4. The Labute approximate surface area is 107 Å². The predicted octanol–water partition coefficient (Wildman–Crippen LogP) is 1.27. The standard InChI is InChI=1S/C10H12ClNO4S/c1-4-3-17-8(6(4)11)9(14)12-7(5(2)13)10(15)16/h3,5,7,13H,1-2H3,(H,12,14)(H,15,16)/t5-,7+/m1/s1. The van der Waals surface area contributed by atoms with E-state index in [4.69, 9.17) is 16.7 Å². The van der Waals surface area contributed by atoms with E-state index in [2.05, 4.69) is 5.32 Å². The molecule has 7 heteroatoms. The molecule has 1 heterocycles. The summed E-state index contributed by atoms with van der Waals surface area (Å²) in [5, 5.41) is 22.3. The van der Waals surface area contributed by atoms with Gasteiger partial charge >= 0.3 is 5.97 Å². The molecule has 0 unspecified atom stereocenters. The van der Waals surface area contributed by atoms with Gasteiger partial charge in [-0.05, 0) is 24.8 Å². The smallest absolute Gasteiger partial charge is 0.328 e. The molecule has 1 aromatic rings. The third-order valence-electron chi connectivity index (χ3n) is 2.14. The molecule has 0 spiro atoms. The zero-order valence-corrected chi connectivity index (χ0v) is 10.8. The van der Waals surface area contributed by atoms with Gasteiger partial charge in [0.25, 0.3) is 5.91 Å². The largest absolute Gasteiger partial charge is 0.480 e. The topological polar surface area (TPSA) is 86.6 Å². The van der Waals surface area contributed by atoms with Gasteiger partial charge in [0.2, 0.25) is 0 Å². The summed E-state index contributed by atoms with van der Waals surface area (Å²) in [7, 11) is 0. The fourth-order valence-electron chi connectivity index (χ4n) is 1.18. The molecule has 0 bridgehead atoms. The Bertz CT molecular complexity index is 444. The summed E-state index contributed by atoms with van der Waals surface area (Å²) < 4.78 is 0. The first-order valence-corrected chi connectivity index (χ1v) is 6.05. The molecule has 0 radical (unpaired) electrons. The maximum absolute atomic E-state index is 11.7. The van der Waals surface area contributed by atoms with Crippen molar-refractivity contribution in [2.45, 2.75) is 26.0 Å². The number of aliphatic hydroxyl groups excluding tert-OH is 1. The quantitative estimate of drug-likeness (QED) is 0.774. The lowest BCUT2D eigenvalue weighted by molar-refractivity contribution is -0.141. The number of amides is 1. The zero-order chi connectivity index (χ0) is 13.2. The van der Waals surface area contributed by atoms with Crippen LogP contribution in [0.5, 0.6) is 0 Å². The first-order chi connectivity index (χ1) is 7.84. The molecule has 0 aliphatic rings. The van der Waals surface area contributed by atoms with Crippen molar-refractivity contribution in [1.82, 2.24) is 5.32 Å². The SMILES string of the molecule is Cc1csc(C(=O)N[C@H](C(=O)O)[C@@H](C)O)c1Cl.